The number of aryl methyl sites for hydroxylation is 1. The van der Waals surface area contributed by atoms with E-state index in [1.807, 2.05) is 20.0 Å². The largest absolute Gasteiger partial charge is 0.496 e. The van der Waals surface area contributed by atoms with Crippen LogP contribution in [0.4, 0.5) is 0 Å². The maximum atomic E-state index is 9.63. The van der Waals surface area contributed by atoms with Gasteiger partial charge in [0, 0.05) is 35.0 Å². The first-order valence-electron chi connectivity index (χ1n) is 6.47. The molecule has 18 heavy (non-hydrogen) atoms. The summed E-state index contributed by atoms with van der Waals surface area (Å²) in [4.78, 5) is 4.51. The Morgan fingerprint density at radius 1 is 1.50 bits per heavy atom. The van der Waals surface area contributed by atoms with E-state index in [1.165, 1.54) is 0 Å². The molecule has 1 aliphatic heterocycles. The first-order valence-corrected chi connectivity index (χ1v) is 6.47. The number of aliphatic hydroxyl groups is 1. The van der Waals surface area contributed by atoms with E-state index in [0.717, 1.165) is 48.4 Å². The predicted molar refractivity (Wildman–Crippen MR) is 71.0 cm³/mol. The minimum atomic E-state index is -0.196. The number of methoxy groups -OCH3 is 1. The highest BCUT2D eigenvalue weighted by Crippen LogP contribution is 2.29. The van der Waals surface area contributed by atoms with E-state index in [0.29, 0.717) is 0 Å². The second-order valence-electron chi connectivity index (χ2n) is 5.19. The van der Waals surface area contributed by atoms with Gasteiger partial charge in [0.2, 0.25) is 0 Å². The smallest absolute Gasteiger partial charge is 0.128 e. The van der Waals surface area contributed by atoms with Crippen molar-refractivity contribution < 1.29 is 9.84 Å². The monoisotopic (exact) mass is 250 g/mol. The molecular formula is C14H22N2O2. The molecule has 2 heterocycles. The Kier molecular flexibility index (Phi) is 3.88. The minimum Gasteiger partial charge on any atom is -0.496 e. The Morgan fingerprint density at radius 2 is 2.28 bits per heavy atom. The maximum absolute atomic E-state index is 9.63. The Bertz CT molecular complexity index is 426. The summed E-state index contributed by atoms with van der Waals surface area (Å²) in [7, 11) is 1.69. The van der Waals surface area contributed by atoms with Gasteiger partial charge in [-0.3, -0.25) is 4.98 Å². The lowest BCUT2D eigenvalue weighted by Gasteiger charge is -2.27. The van der Waals surface area contributed by atoms with Crippen molar-refractivity contribution in [1.82, 2.24) is 10.3 Å². The summed E-state index contributed by atoms with van der Waals surface area (Å²) in [5.41, 5.74) is 2.95. The predicted octanol–water partition coefficient (Wildman–Crippen LogP) is 1.36. The van der Waals surface area contributed by atoms with Crippen LogP contribution in [0.3, 0.4) is 0 Å². The molecule has 0 aromatic carbocycles. The minimum absolute atomic E-state index is 0.157. The van der Waals surface area contributed by atoms with Crippen molar-refractivity contribution in [2.45, 2.75) is 38.6 Å². The van der Waals surface area contributed by atoms with E-state index in [2.05, 4.69) is 10.3 Å². The average Bonchev–Trinajstić information content (AvgIpc) is 2.83. The van der Waals surface area contributed by atoms with E-state index in [1.54, 1.807) is 7.11 Å². The van der Waals surface area contributed by atoms with Crippen molar-refractivity contribution in [2.75, 3.05) is 20.3 Å². The zero-order valence-corrected chi connectivity index (χ0v) is 11.4. The van der Waals surface area contributed by atoms with Gasteiger partial charge in [0.25, 0.3) is 0 Å². The number of nitrogens with one attached hydrogen (secondary N) is 1. The summed E-state index contributed by atoms with van der Waals surface area (Å²) < 4.78 is 5.42. The highest BCUT2D eigenvalue weighted by atomic mass is 16.5. The fourth-order valence-corrected chi connectivity index (χ4v) is 2.78. The van der Waals surface area contributed by atoms with Crippen molar-refractivity contribution in [3.8, 4) is 5.75 Å². The second kappa shape index (κ2) is 5.24. The highest BCUT2D eigenvalue weighted by Gasteiger charge is 2.34. The highest BCUT2D eigenvalue weighted by molar-refractivity contribution is 5.41. The van der Waals surface area contributed by atoms with Crippen molar-refractivity contribution >= 4 is 0 Å². The normalized spacial score (nSPS) is 23.3. The van der Waals surface area contributed by atoms with Crippen molar-refractivity contribution in [3.63, 3.8) is 0 Å². The molecule has 1 fully saturated rings. The van der Waals surface area contributed by atoms with Crippen LogP contribution in [-0.2, 0) is 6.42 Å². The van der Waals surface area contributed by atoms with Gasteiger partial charge in [-0.15, -0.1) is 0 Å². The fraction of sp³-hybridized carbons (Fsp3) is 0.643. The molecule has 2 N–H and O–H groups in total. The molecule has 0 amide bonds. The number of hydrogen-bond donors (Lipinski definition) is 2. The molecule has 0 saturated carbocycles. The maximum Gasteiger partial charge on any atom is 0.128 e. The van der Waals surface area contributed by atoms with Crippen molar-refractivity contribution in [3.05, 3.63) is 23.0 Å². The molecule has 1 aliphatic rings. The van der Waals surface area contributed by atoms with Gasteiger partial charge in [-0.1, -0.05) is 0 Å². The van der Waals surface area contributed by atoms with Crippen LogP contribution in [0.25, 0.3) is 0 Å². The van der Waals surface area contributed by atoms with Crippen LogP contribution >= 0.6 is 0 Å². The summed E-state index contributed by atoms with van der Waals surface area (Å²) in [6.45, 7) is 5.17. The van der Waals surface area contributed by atoms with Gasteiger partial charge in [-0.25, -0.2) is 0 Å². The number of aliphatic hydroxyl groups excluding tert-OH is 1. The van der Waals surface area contributed by atoms with Crippen LogP contribution in [-0.4, -0.2) is 35.9 Å². The van der Waals surface area contributed by atoms with E-state index >= 15 is 0 Å². The number of ether oxygens (including phenoxy) is 1. The van der Waals surface area contributed by atoms with E-state index < -0.39 is 0 Å². The van der Waals surface area contributed by atoms with Gasteiger partial charge >= 0.3 is 0 Å². The number of nitrogens with zero attached hydrogens (tertiary/aromatic N) is 1. The topological polar surface area (TPSA) is 54.4 Å². The Hall–Kier alpha value is -1.13. The third-order valence-corrected chi connectivity index (χ3v) is 3.89. The summed E-state index contributed by atoms with van der Waals surface area (Å²) in [5.74, 6) is 0.908. The first kappa shape index (κ1) is 13.3. The Labute approximate surface area is 108 Å². The van der Waals surface area contributed by atoms with E-state index in [9.17, 15) is 5.11 Å². The van der Waals surface area contributed by atoms with Gasteiger partial charge in [0.1, 0.15) is 5.75 Å². The lowest BCUT2D eigenvalue weighted by molar-refractivity contribution is 0.176. The molecule has 0 bridgehead atoms. The number of pyridine rings is 1. The lowest BCUT2D eigenvalue weighted by atomic mass is 9.90. The lowest BCUT2D eigenvalue weighted by Crippen LogP contribution is -2.45. The standard InChI is InChI=1S/C14H22N2O2/c1-10-8-15-12(11(2)13(10)18-3)7-14(9-17)5-4-6-16-14/h8,16-17H,4-7,9H2,1-3H3. The van der Waals surface area contributed by atoms with Crippen LogP contribution in [0.2, 0.25) is 0 Å². The number of aromatic nitrogens is 1. The summed E-state index contributed by atoms with van der Waals surface area (Å²) >= 11 is 0. The Balaban J connectivity index is 2.29. The SMILES string of the molecule is COc1c(C)cnc(CC2(CO)CCCN2)c1C. The van der Waals surface area contributed by atoms with Gasteiger partial charge in [-0.05, 0) is 33.2 Å². The molecule has 1 unspecified atom stereocenters. The number of hydrogen-bond acceptors (Lipinski definition) is 4. The van der Waals surface area contributed by atoms with Crippen LogP contribution in [0.1, 0.15) is 29.7 Å². The van der Waals surface area contributed by atoms with Crippen LogP contribution in [0.5, 0.6) is 5.75 Å². The first-order chi connectivity index (χ1) is 8.62. The van der Waals surface area contributed by atoms with Crippen LogP contribution < -0.4 is 10.1 Å². The zero-order chi connectivity index (χ0) is 13.2. The molecule has 1 aromatic heterocycles. The molecule has 4 heteroatoms. The van der Waals surface area contributed by atoms with E-state index in [-0.39, 0.29) is 12.1 Å². The fourth-order valence-electron chi connectivity index (χ4n) is 2.78. The Morgan fingerprint density at radius 3 is 2.83 bits per heavy atom. The van der Waals surface area contributed by atoms with Crippen LogP contribution in [0.15, 0.2) is 6.20 Å². The summed E-state index contributed by atoms with van der Waals surface area (Å²) in [6, 6.07) is 0. The third-order valence-electron chi connectivity index (χ3n) is 3.89. The average molecular weight is 250 g/mol. The van der Waals surface area contributed by atoms with Gasteiger partial charge in [-0.2, -0.15) is 0 Å². The quantitative estimate of drug-likeness (QED) is 0.847. The van der Waals surface area contributed by atoms with Crippen molar-refractivity contribution in [2.24, 2.45) is 0 Å². The second-order valence-corrected chi connectivity index (χ2v) is 5.19. The molecule has 2 rings (SSSR count). The molecule has 4 nitrogen and oxygen atoms in total. The van der Waals surface area contributed by atoms with E-state index in [4.69, 9.17) is 4.74 Å². The molecule has 0 spiro atoms. The molecule has 100 valence electrons. The molecule has 0 aliphatic carbocycles. The number of rotatable bonds is 4. The van der Waals surface area contributed by atoms with Crippen LogP contribution in [0, 0.1) is 13.8 Å². The van der Waals surface area contributed by atoms with Crippen molar-refractivity contribution in [1.29, 1.82) is 0 Å². The summed E-state index contributed by atoms with van der Waals surface area (Å²) in [5, 5.41) is 13.0. The zero-order valence-electron chi connectivity index (χ0n) is 11.4. The van der Waals surface area contributed by atoms with Gasteiger partial charge in [0.05, 0.1) is 13.7 Å². The molecular weight excluding hydrogens is 228 g/mol. The van der Waals surface area contributed by atoms with Gasteiger partial charge < -0.3 is 15.2 Å². The third kappa shape index (κ3) is 2.35. The molecule has 1 saturated heterocycles. The molecule has 1 aromatic rings. The molecule has 0 radical (unpaired) electrons. The summed E-state index contributed by atoms with van der Waals surface area (Å²) in [6.07, 6.45) is 4.72. The molecule has 1 atom stereocenters. The van der Waals surface area contributed by atoms with Gasteiger partial charge in [0.15, 0.2) is 0 Å².